The van der Waals surface area contributed by atoms with Crippen molar-refractivity contribution in [2.24, 2.45) is 5.73 Å². The van der Waals surface area contributed by atoms with Gasteiger partial charge in [0, 0.05) is 30.1 Å². The van der Waals surface area contributed by atoms with Crippen LogP contribution in [0.4, 0.5) is 0 Å². The zero-order chi connectivity index (χ0) is 19.1. The Labute approximate surface area is 152 Å². The van der Waals surface area contributed by atoms with E-state index < -0.39 is 5.91 Å². The van der Waals surface area contributed by atoms with Crippen LogP contribution >= 0.6 is 0 Å². The average Bonchev–Trinajstić information content (AvgIpc) is 2.67. The molecule has 0 aliphatic rings. The number of aliphatic hydroxyl groups is 1. The van der Waals surface area contributed by atoms with E-state index >= 15 is 0 Å². The highest BCUT2D eigenvalue weighted by Gasteiger charge is 2.26. The number of methoxy groups -OCH3 is 3. The fourth-order valence-electron chi connectivity index (χ4n) is 3.04. The smallest absolute Gasteiger partial charge is 0.249 e. The van der Waals surface area contributed by atoms with E-state index in [2.05, 4.69) is 4.98 Å². The molecule has 1 heterocycles. The molecule has 7 nitrogen and oxygen atoms in total. The molecular weight excluding hydrogens is 336 g/mol. The summed E-state index contributed by atoms with van der Waals surface area (Å²) in [5, 5.41) is 9.48. The van der Waals surface area contributed by atoms with Crippen LogP contribution in [-0.4, -0.2) is 43.9 Å². The van der Waals surface area contributed by atoms with E-state index in [1.54, 1.807) is 18.5 Å². The second-order valence-corrected chi connectivity index (χ2v) is 5.74. The molecule has 2 rings (SSSR count). The third-order valence-corrected chi connectivity index (χ3v) is 4.28. The summed E-state index contributed by atoms with van der Waals surface area (Å²) in [5.41, 5.74) is 7.45. The van der Waals surface area contributed by atoms with Gasteiger partial charge in [0.05, 0.1) is 21.3 Å². The van der Waals surface area contributed by atoms with Crippen LogP contribution in [0.2, 0.25) is 0 Å². The summed E-state index contributed by atoms with van der Waals surface area (Å²) < 4.78 is 16.2. The van der Waals surface area contributed by atoms with Crippen LogP contribution in [0.15, 0.2) is 30.6 Å². The third-order valence-electron chi connectivity index (χ3n) is 4.28. The fraction of sp³-hybridized carbons (Fsp3) is 0.368. The van der Waals surface area contributed by atoms with Crippen molar-refractivity contribution in [1.29, 1.82) is 0 Å². The fourth-order valence-corrected chi connectivity index (χ4v) is 3.04. The standard InChI is InChI=1S/C19H24N2O5/c1-24-16-10-15(19(20)23)14(17(25-2)18(16)26-3)9-12(6-8-22)13-5-4-7-21-11-13/h4-5,7,10-12,22H,6,8-9H2,1-3H3,(H2,20,23). The Kier molecular flexibility index (Phi) is 6.80. The second kappa shape index (κ2) is 9.05. The van der Waals surface area contributed by atoms with E-state index in [1.165, 1.54) is 21.3 Å². The minimum atomic E-state index is -0.590. The first kappa shape index (κ1) is 19.5. The molecule has 0 aliphatic heterocycles. The highest BCUT2D eigenvalue weighted by atomic mass is 16.5. The van der Waals surface area contributed by atoms with Gasteiger partial charge in [0.1, 0.15) is 0 Å². The number of rotatable bonds is 9. The molecule has 140 valence electrons. The largest absolute Gasteiger partial charge is 0.493 e. The van der Waals surface area contributed by atoms with Crippen molar-refractivity contribution >= 4 is 5.91 Å². The highest BCUT2D eigenvalue weighted by molar-refractivity contribution is 5.96. The van der Waals surface area contributed by atoms with E-state index in [1.807, 2.05) is 12.1 Å². The van der Waals surface area contributed by atoms with Gasteiger partial charge < -0.3 is 25.1 Å². The van der Waals surface area contributed by atoms with E-state index in [9.17, 15) is 9.90 Å². The molecular formula is C19H24N2O5. The molecule has 7 heteroatoms. The van der Waals surface area contributed by atoms with E-state index in [-0.39, 0.29) is 12.5 Å². The number of hydrogen-bond acceptors (Lipinski definition) is 6. The van der Waals surface area contributed by atoms with Crippen LogP contribution in [0.1, 0.15) is 33.8 Å². The lowest BCUT2D eigenvalue weighted by atomic mass is 9.87. The molecule has 0 radical (unpaired) electrons. The molecule has 1 aromatic carbocycles. The van der Waals surface area contributed by atoms with Crippen molar-refractivity contribution in [3.05, 3.63) is 47.3 Å². The number of benzene rings is 1. The minimum Gasteiger partial charge on any atom is -0.493 e. The Bertz CT molecular complexity index is 749. The monoisotopic (exact) mass is 360 g/mol. The molecule has 0 spiro atoms. The van der Waals surface area contributed by atoms with Crippen LogP contribution in [0, 0.1) is 0 Å². The SMILES string of the molecule is COc1cc(C(N)=O)c(CC(CCO)c2cccnc2)c(OC)c1OC. The lowest BCUT2D eigenvalue weighted by Gasteiger charge is -2.22. The molecule has 0 aliphatic carbocycles. The molecule has 1 aromatic heterocycles. The summed E-state index contributed by atoms with van der Waals surface area (Å²) in [4.78, 5) is 16.2. The van der Waals surface area contributed by atoms with Crippen molar-refractivity contribution in [1.82, 2.24) is 4.98 Å². The maximum absolute atomic E-state index is 12.0. The maximum Gasteiger partial charge on any atom is 0.249 e. The average molecular weight is 360 g/mol. The number of hydrogen-bond donors (Lipinski definition) is 2. The van der Waals surface area contributed by atoms with Gasteiger partial charge in [-0.1, -0.05) is 6.07 Å². The number of aromatic nitrogens is 1. The lowest BCUT2D eigenvalue weighted by Crippen LogP contribution is -2.17. The zero-order valence-electron chi connectivity index (χ0n) is 15.2. The second-order valence-electron chi connectivity index (χ2n) is 5.74. The van der Waals surface area contributed by atoms with Gasteiger partial charge in [0.15, 0.2) is 11.5 Å². The first-order valence-electron chi connectivity index (χ1n) is 8.19. The molecule has 0 saturated carbocycles. The van der Waals surface area contributed by atoms with E-state index in [4.69, 9.17) is 19.9 Å². The Morgan fingerprint density at radius 2 is 1.96 bits per heavy atom. The summed E-state index contributed by atoms with van der Waals surface area (Å²) in [6.07, 6.45) is 4.36. The maximum atomic E-state index is 12.0. The van der Waals surface area contributed by atoms with Gasteiger partial charge in [-0.05, 0) is 36.5 Å². The number of pyridine rings is 1. The molecule has 2 aromatic rings. The molecule has 0 bridgehead atoms. The number of carbonyl (C=O) groups excluding carboxylic acids is 1. The van der Waals surface area contributed by atoms with Crippen LogP contribution in [0.25, 0.3) is 0 Å². The van der Waals surface area contributed by atoms with Gasteiger partial charge in [0.25, 0.3) is 0 Å². The van der Waals surface area contributed by atoms with E-state index in [0.29, 0.717) is 41.2 Å². The number of nitrogens with two attached hydrogens (primary N) is 1. The predicted octanol–water partition coefficient (Wildman–Crippen LogP) is 1.91. The first-order valence-corrected chi connectivity index (χ1v) is 8.19. The number of nitrogens with zero attached hydrogens (tertiary/aromatic N) is 1. The van der Waals surface area contributed by atoms with Crippen LogP contribution < -0.4 is 19.9 Å². The Morgan fingerprint density at radius 3 is 2.46 bits per heavy atom. The van der Waals surface area contributed by atoms with Crippen molar-refractivity contribution in [3.63, 3.8) is 0 Å². The predicted molar refractivity (Wildman–Crippen MR) is 97.0 cm³/mol. The quantitative estimate of drug-likeness (QED) is 0.708. The summed E-state index contributed by atoms with van der Waals surface area (Å²) in [6, 6.07) is 5.32. The van der Waals surface area contributed by atoms with Gasteiger partial charge in [-0.15, -0.1) is 0 Å². The number of aliphatic hydroxyl groups excluding tert-OH is 1. The Balaban J connectivity index is 2.60. The van der Waals surface area contributed by atoms with Gasteiger partial charge in [0.2, 0.25) is 11.7 Å². The number of primary amides is 1. The van der Waals surface area contributed by atoms with Crippen molar-refractivity contribution in [3.8, 4) is 17.2 Å². The molecule has 26 heavy (non-hydrogen) atoms. The van der Waals surface area contributed by atoms with Crippen LogP contribution in [0.3, 0.4) is 0 Å². The lowest BCUT2D eigenvalue weighted by molar-refractivity contribution is 0.0998. The molecule has 0 saturated heterocycles. The molecule has 3 N–H and O–H groups in total. The summed E-state index contributed by atoms with van der Waals surface area (Å²) >= 11 is 0. The Morgan fingerprint density at radius 1 is 1.23 bits per heavy atom. The molecule has 0 fully saturated rings. The summed E-state index contributed by atoms with van der Waals surface area (Å²) in [5.74, 6) is 0.491. The number of carbonyl (C=O) groups is 1. The number of ether oxygens (including phenoxy) is 3. The van der Waals surface area contributed by atoms with Gasteiger partial charge in [-0.25, -0.2) is 0 Å². The van der Waals surface area contributed by atoms with Gasteiger partial charge in [-0.3, -0.25) is 9.78 Å². The first-order chi connectivity index (χ1) is 12.6. The molecule has 1 amide bonds. The van der Waals surface area contributed by atoms with Crippen LogP contribution in [0.5, 0.6) is 17.2 Å². The zero-order valence-corrected chi connectivity index (χ0v) is 15.2. The van der Waals surface area contributed by atoms with Crippen molar-refractivity contribution in [2.75, 3.05) is 27.9 Å². The summed E-state index contributed by atoms with van der Waals surface area (Å²) in [7, 11) is 4.48. The normalized spacial score (nSPS) is 11.7. The van der Waals surface area contributed by atoms with E-state index in [0.717, 1.165) is 5.56 Å². The van der Waals surface area contributed by atoms with Crippen molar-refractivity contribution < 1.29 is 24.1 Å². The molecule has 1 atom stereocenters. The number of amides is 1. The minimum absolute atomic E-state index is 0.00106. The molecule has 1 unspecified atom stereocenters. The van der Waals surface area contributed by atoms with Crippen LogP contribution in [-0.2, 0) is 6.42 Å². The summed E-state index contributed by atoms with van der Waals surface area (Å²) in [6.45, 7) is 0.00106. The van der Waals surface area contributed by atoms with Gasteiger partial charge >= 0.3 is 0 Å². The third kappa shape index (κ3) is 4.05. The van der Waals surface area contributed by atoms with Crippen molar-refractivity contribution in [2.45, 2.75) is 18.8 Å². The van der Waals surface area contributed by atoms with Gasteiger partial charge in [-0.2, -0.15) is 0 Å². The highest BCUT2D eigenvalue weighted by Crippen LogP contribution is 2.43. The topological polar surface area (TPSA) is 104 Å². The Hall–Kier alpha value is -2.80.